The summed E-state index contributed by atoms with van der Waals surface area (Å²) >= 11 is 12.0. The van der Waals surface area contributed by atoms with Crippen LogP contribution >= 0.6 is 23.2 Å². The fraction of sp³-hybridized carbons (Fsp3) is 0.276. The first-order chi connectivity index (χ1) is 19.1. The van der Waals surface area contributed by atoms with E-state index in [2.05, 4.69) is 51.7 Å². The van der Waals surface area contributed by atoms with Gasteiger partial charge in [0, 0.05) is 54.2 Å². The van der Waals surface area contributed by atoms with Crippen LogP contribution in [0.4, 0.5) is 11.8 Å². The van der Waals surface area contributed by atoms with Crippen molar-refractivity contribution in [3.05, 3.63) is 98.6 Å². The highest BCUT2D eigenvalue weighted by atomic mass is 35.5. The van der Waals surface area contributed by atoms with Gasteiger partial charge >= 0.3 is 5.69 Å². The quantitative estimate of drug-likeness (QED) is 0.237. The molecule has 4 aromatic rings. The maximum absolute atomic E-state index is 12.4. The van der Waals surface area contributed by atoms with Gasteiger partial charge in [-0.05, 0) is 41.3 Å². The van der Waals surface area contributed by atoms with Crippen molar-refractivity contribution in [3.63, 3.8) is 0 Å². The zero-order chi connectivity index (χ0) is 29.1. The first kappa shape index (κ1) is 30.6. The molecular weight excluding hydrogens is 549 g/mol. The summed E-state index contributed by atoms with van der Waals surface area (Å²) in [5.41, 5.74) is 2.68. The Balaban J connectivity index is 0.00000103. The van der Waals surface area contributed by atoms with Crippen molar-refractivity contribution in [1.29, 1.82) is 0 Å². The minimum Gasteiger partial charge on any atom is -0.361 e. The monoisotopic (exact) mass is 581 g/mol. The Bertz CT molecular complexity index is 1470. The number of carbonyl (C=O) groups excluding carboxylic acids is 1. The number of amides is 1. The molecular formula is C29H33Cl2N7O2. The molecule has 1 amide bonds. The summed E-state index contributed by atoms with van der Waals surface area (Å²) in [4.78, 5) is 37.0. The molecule has 0 radical (unpaired) electrons. The van der Waals surface area contributed by atoms with E-state index in [0.717, 1.165) is 17.0 Å². The van der Waals surface area contributed by atoms with E-state index >= 15 is 0 Å². The Morgan fingerprint density at radius 2 is 1.65 bits per heavy atom. The Hall–Kier alpha value is -3.95. The number of rotatable bonds is 9. The molecule has 3 N–H and O–H groups in total. The van der Waals surface area contributed by atoms with E-state index in [9.17, 15) is 9.59 Å². The van der Waals surface area contributed by atoms with E-state index in [1.54, 1.807) is 37.5 Å². The summed E-state index contributed by atoms with van der Waals surface area (Å²) in [7, 11) is 1.61. The number of aryl methyl sites for hydroxylation is 1. The van der Waals surface area contributed by atoms with E-state index in [-0.39, 0.29) is 18.1 Å². The molecule has 2 aromatic carbocycles. The summed E-state index contributed by atoms with van der Waals surface area (Å²) < 4.78 is 1.37. The second-order valence-corrected chi connectivity index (χ2v) is 10.5. The van der Waals surface area contributed by atoms with Crippen LogP contribution in [0.5, 0.6) is 0 Å². The second kappa shape index (κ2) is 15.0. The van der Waals surface area contributed by atoms with Crippen molar-refractivity contribution in [1.82, 2.24) is 24.8 Å². The van der Waals surface area contributed by atoms with Gasteiger partial charge < -0.3 is 20.5 Å². The molecule has 2 aromatic heterocycles. The normalized spacial score (nSPS) is 10.5. The first-order valence-electron chi connectivity index (χ1n) is 12.7. The minimum absolute atomic E-state index is 0.00328. The third-order valence-corrected chi connectivity index (χ3v) is 5.63. The van der Waals surface area contributed by atoms with Gasteiger partial charge in [-0.1, -0.05) is 68.2 Å². The number of aromatic nitrogens is 4. The highest BCUT2D eigenvalue weighted by Gasteiger charge is 2.10. The van der Waals surface area contributed by atoms with Crippen LogP contribution in [-0.4, -0.2) is 32.0 Å². The van der Waals surface area contributed by atoms with E-state index in [4.69, 9.17) is 23.2 Å². The van der Waals surface area contributed by atoms with Crippen LogP contribution in [0.2, 0.25) is 10.0 Å². The number of halogens is 2. The summed E-state index contributed by atoms with van der Waals surface area (Å²) in [5, 5.41) is 10.3. The van der Waals surface area contributed by atoms with Crippen LogP contribution < -0.4 is 21.6 Å². The molecule has 0 saturated heterocycles. The van der Waals surface area contributed by atoms with Gasteiger partial charge in [-0.15, -0.1) is 0 Å². The van der Waals surface area contributed by atoms with E-state index in [1.807, 2.05) is 30.3 Å². The molecule has 9 nitrogen and oxygen atoms in total. The lowest BCUT2D eigenvalue weighted by Crippen LogP contribution is -2.29. The summed E-state index contributed by atoms with van der Waals surface area (Å²) in [5.74, 6) is 1.40. The van der Waals surface area contributed by atoms with Gasteiger partial charge in [0.2, 0.25) is 11.9 Å². The number of hydrogen-bond donors (Lipinski definition) is 3. The molecule has 0 aliphatic heterocycles. The number of carbonyl (C=O) groups is 1. The average Bonchev–Trinajstić information content (AvgIpc) is 2.91. The van der Waals surface area contributed by atoms with Gasteiger partial charge in [0.05, 0.1) is 12.2 Å². The smallest absolute Gasteiger partial charge is 0.347 e. The molecule has 0 unspecified atom stereocenters. The van der Waals surface area contributed by atoms with Gasteiger partial charge in [-0.3, -0.25) is 4.79 Å². The molecule has 4 rings (SSSR count). The Morgan fingerprint density at radius 1 is 0.925 bits per heavy atom. The van der Waals surface area contributed by atoms with E-state index in [1.165, 1.54) is 10.8 Å². The Morgan fingerprint density at radius 3 is 2.33 bits per heavy atom. The molecule has 210 valence electrons. The van der Waals surface area contributed by atoms with E-state index in [0.29, 0.717) is 46.2 Å². The minimum atomic E-state index is -0.372. The zero-order valence-electron chi connectivity index (χ0n) is 22.9. The largest absolute Gasteiger partial charge is 0.361 e. The van der Waals surface area contributed by atoms with Crippen molar-refractivity contribution in [2.75, 3.05) is 17.2 Å². The third-order valence-electron chi connectivity index (χ3n) is 5.14. The van der Waals surface area contributed by atoms with Crippen molar-refractivity contribution < 1.29 is 4.79 Å². The summed E-state index contributed by atoms with van der Waals surface area (Å²) in [6.45, 7) is 7.32. The maximum Gasteiger partial charge on any atom is 0.347 e. The van der Waals surface area contributed by atoms with Crippen LogP contribution in [0.1, 0.15) is 31.9 Å². The third kappa shape index (κ3) is 10.3. The SMILES string of the molecule is CC(C)C.Cn1cc(-c2cc(NCC(=O)NCc3ccc(Cl)cc3)nc(NCc3cccc(Cl)c3)n2)cnc1=O. The fourth-order valence-corrected chi connectivity index (χ4v) is 3.61. The Kier molecular flexibility index (Phi) is 11.5. The van der Waals surface area contributed by atoms with Gasteiger partial charge in [-0.2, -0.15) is 4.98 Å². The Labute approximate surface area is 244 Å². The number of anilines is 2. The average molecular weight is 583 g/mol. The van der Waals surface area contributed by atoms with Crippen LogP contribution in [0.3, 0.4) is 0 Å². The van der Waals surface area contributed by atoms with Crippen molar-refractivity contribution in [2.45, 2.75) is 33.9 Å². The van der Waals surface area contributed by atoms with Gasteiger partial charge in [0.1, 0.15) is 5.82 Å². The van der Waals surface area contributed by atoms with Crippen molar-refractivity contribution in [3.8, 4) is 11.3 Å². The number of nitrogens with one attached hydrogen (secondary N) is 3. The number of hydrogen-bond acceptors (Lipinski definition) is 7. The lowest BCUT2D eigenvalue weighted by molar-refractivity contribution is -0.119. The topological polar surface area (TPSA) is 114 Å². The molecule has 11 heteroatoms. The number of benzene rings is 2. The molecule has 0 aliphatic carbocycles. The first-order valence-corrected chi connectivity index (χ1v) is 13.5. The molecule has 0 atom stereocenters. The van der Waals surface area contributed by atoms with Crippen LogP contribution in [0.15, 0.2) is 71.8 Å². The molecule has 0 bridgehead atoms. The zero-order valence-corrected chi connectivity index (χ0v) is 24.4. The van der Waals surface area contributed by atoms with Gasteiger partial charge in [-0.25, -0.2) is 14.8 Å². The molecule has 2 heterocycles. The molecule has 0 saturated carbocycles. The lowest BCUT2D eigenvalue weighted by atomic mass is 10.2. The fourth-order valence-electron chi connectivity index (χ4n) is 3.27. The molecule has 0 spiro atoms. The molecule has 0 aliphatic rings. The summed E-state index contributed by atoms with van der Waals surface area (Å²) in [6.07, 6.45) is 3.09. The highest BCUT2D eigenvalue weighted by molar-refractivity contribution is 6.30. The predicted octanol–water partition coefficient (Wildman–Crippen LogP) is 5.55. The van der Waals surface area contributed by atoms with Crippen molar-refractivity contribution in [2.24, 2.45) is 13.0 Å². The molecule has 0 fully saturated rings. The predicted molar refractivity (Wildman–Crippen MR) is 162 cm³/mol. The van der Waals surface area contributed by atoms with Crippen LogP contribution in [0.25, 0.3) is 11.3 Å². The van der Waals surface area contributed by atoms with Crippen molar-refractivity contribution >= 4 is 40.9 Å². The van der Waals surface area contributed by atoms with Crippen LogP contribution in [0, 0.1) is 5.92 Å². The number of nitrogens with zero attached hydrogens (tertiary/aromatic N) is 4. The van der Waals surface area contributed by atoms with E-state index < -0.39 is 0 Å². The van der Waals surface area contributed by atoms with Crippen LogP contribution in [-0.2, 0) is 24.9 Å². The van der Waals surface area contributed by atoms with Gasteiger partial charge in [0.25, 0.3) is 0 Å². The maximum atomic E-state index is 12.4. The summed E-state index contributed by atoms with van der Waals surface area (Å²) in [6, 6.07) is 16.4. The standard InChI is InChI=1S/C25H23Cl2N7O2.C4H10/c1-34-15-18(13-31-25(34)36)21-10-22(28-14-23(35)29-11-16-5-7-19(26)8-6-16)33-24(32-21)30-12-17-3-2-4-20(27)9-17;1-4(2)3/h2-10,13,15H,11-12,14H2,1H3,(H,29,35)(H2,28,30,32,33);4H,1-3H3. The van der Waals surface area contributed by atoms with Gasteiger partial charge in [0.15, 0.2) is 0 Å². The molecule has 40 heavy (non-hydrogen) atoms. The lowest BCUT2D eigenvalue weighted by Gasteiger charge is -2.12. The highest BCUT2D eigenvalue weighted by Crippen LogP contribution is 2.21. The second-order valence-electron chi connectivity index (χ2n) is 9.67.